The number of carboxylic acid groups (broad SMARTS) is 1. The van der Waals surface area contributed by atoms with Crippen LogP contribution in [-0.2, 0) is 5.75 Å². The Morgan fingerprint density at radius 3 is 3.08 bits per heavy atom. The molecule has 1 heterocycles. The molecule has 0 bridgehead atoms. The van der Waals surface area contributed by atoms with Crippen molar-refractivity contribution in [3.8, 4) is 0 Å². The lowest BCUT2D eigenvalue weighted by Crippen LogP contribution is -1.96. The molecule has 0 aromatic carbocycles. The molecule has 0 aliphatic heterocycles. The minimum atomic E-state index is -0.804. The second kappa shape index (κ2) is 5.29. The summed E-state index contributed by atoms with van der Waals surface area (Å²) in [7, 11) is 0. The molecule has 72 valence electrons. The first-order valence-corrected chi connectivity index (χ1v) is 6.16. The maximum atomic E-state index is 10.7. The molecule has 1 rings (SSSR count). The molecule has 0 amide bonds. The molecule has 0 unspecified atom stereocenters. The zero-order chi connectivity index (χ0) is 9.68. The molecule has 0 radical (unpaired) electrons. The molecule has 1 N–H and O–H groups in total. The summed E-state index contributed by atoms with van der Waals surface area (Å²) in [6, 6.07) is 1.90. The molecule has 0 saturated heterocycles. The van der Waals surface area contributed by atoms with Crippen LogP contribution in [-0.4, -0.2) is 16.8 Å². The van der Waals surface area contributed by atoms with Crippen LogP contribution in [0.4, 0.5) is 0 Å². The fraction of sp³-hybridized carbons (Fsp3) is 0.444. The molecule has 1 aromatic rings. The van der Waals surface area contributed by atoms with Crippen LogP contribution in [0, 0.1) is 0 Å². The van der Waals surface area contributed by atoms with E-state index in [1.165, 1.54) is 11.3 Å². The number of carboxylic acids is 1. The van der Waals surface area contributed by atoms with E-state index in [2.05, 4.69) is 6.92 Å². The summed E-state index contributed by atoms with van der Waals surface area (Å²) in [5.41, 5.74) is 0.955. The highest BCUT2D eigenvalue weighted by molar-refractivity contribution is 7.98. The molecule has 4 heteroatoms. The van der Waals surface area contributed by atoms with E-state index >= 15 is 0 Å². The summed E-state index contributed by atoms with van der Waals surface area (Å²) < 4.78 is 0. The van der Waals surface area contributed by atoms with Gasteiger partial charge in [0.1, 0.15) is 4.88 Å². The maximum Gasteiger partial charge on any atom is 0.346 e. The molecule has 0 fully saturated rings. The minimum Gasteiger partial charge on any atom is -0.477 e. The second-order valence-corrected chi connectivity index (χ2v) is 4.65. The van der Waals surface area contributed by atoms with Crippen LogP contribution in [0.5, 0.6) is 0 Å². The van der Waals surface area contributed by atoms with Gasteiger partial charge >= 0.3 is 5.97 Å². The highest BCUT2D eigenvalue weighted by Crippen LogP contribution is 2.22. The normalized spacial score (nSPS) is 10.2. The van der Waals surface area contributed by atoms with E-state index in [1.54, 1.807) is 11.8 Å². The fourth-order valence-corrected chi connectivity index (χ4v) is 2.71. The molecular weight excluding hydrogens is 204 g/mol. The van der Waals surface area contributed by atoms with Gasteiger partial charge in [-0.15, -0.1) is 11.3 Å². The lowest BCUT2D eigenvalue weighted by atomic mass is 10.3. The van der Waals surface area contributed by atoms with Gasteiger partial charge in [0.2, 0.25) is 0 Å². The van der Waals surface area contributed by atoms with Gasteiger partial charge in [0.05, 0.1) is 0 Å². The Kier molecular flexibility index (Phi) is 4.32. The Bertz CT molecular complexity index is 281. The van der Waals surface area contributed by atoms with Gasteiger partial charge in [-0.3, -0.25) is 0 Å². The van der Waals surface area contributed by atoms with Crippen LogP contribution >= 0.6 is 23.1 Å². The molecular formula is C9H12O2S2. The lowest BCUT2D eigenvalue weighted by molar-refractivity contribution is 0.0701. The molecule has 0 atom stereocenters. The van der Waals surface area contributed by atoms with Crippen molar-refractivity contribution in [3.05, 3.63) is 21.9 Å². The minimum absolute atomic E-state index is 0.489. The average Bonchev–Trinajstić information content (AvgIpc) is 2.53. The number of hydrogen-bond donors (Lipinski definition) is 1. The maximum absolute atomic E-state index is 10.7. The monoisotopic (exact) mass is 216 g/mol. The summed E-state index contributed by atoms with van der Waals surface area (Å²) in [6.45, 7) is 2.12. The van der Waals surface area contributed by atoms with E-state index < -0.39 is 5.97 Å². The van der Waals surface area contributed by atoms with Crippen LogP contribution in [0.3, 0.4) is 0 Å². The summed E-state index contributed by atoms with van der Waals surface area (Å²) in [4.78, 5) is 11.2. The highest BCUT2D eigenvalue weighted by Gasteiger charge is 2.10. The van der Waals surface area contributed by atoms with Crippen molar-refractivity contribution in [1.82, 2.24) is 0 Å². The predicted molar refractivity (Wildman–Crippen MR) is 57.7 cm³/mol. The Balaban J connectivity index is 2.55. The van der Waals surface area contributed by atoms with Crippen molar-refractivity contribution in [3.63, 3.8) is 0 Å². The smallest absolute Gasteiger partial charge is 0.346 e. The van der Waals surface area contributed by atoms with E-state index in [-0.39, 0.29) is 0 Å². The Morgan fingerprint density at radius 2 is 2.46 bits per heavy atom. The van der Waals surface area contributed by atoms with Gasteiger partial charge < -0.3 is 5.11 Å². The van der Waals surface area contributed by atoms with Gasteiger partial charge in [-0.05, 0) is 29.2 Å². The first kappa shape index (κ1) is 10.6. The van der Waals surface area contributed by atoms with Gasteiger partial charge in [-0.1, -0.05) is 6.92 Å². The molecule has 0 aliphatic carbocycles. The lowest BCUT2D eigenvalue weighted by Gasteiger charge is -1.98. The van der Waals surface area contributed by atoms with Gasteiger partial charge in [-0.25, -0.2) is 4.79 Å². The van der Waals surface area contributed by atoms with Crippen LogP contribution in [0.25, 0.3) is 0 Å². The summed E-state index contributed by atoms with van der Waals surface area (Å²) in [5, 5.41) is 10.7. The summed E-state index contributed by atoms with van der Waals surface area (Å²) in [6.07, 6.45) is 1.14. The average molecular weight is 216 g/mol. The third kappa shape index (κ3) is 3.04. The Morgan fingerprint density at radius 1 is 1.69 bits per heavy atom. The van der Waals surface area contributed by atoms with Gasteiger partial charge in [0, 0.05) is 5.75 Å². The van der Waals surface area contributed by atoms with Crippen LogP contribution in [0.1, 0.15) is 28.6 Å². The summed E-state index contributed by atoms with van der Waals surface area (Å²) >= 11 is 3.09. The quantitative estimate of drug-likeness (QED) is 0.768. The number of hydrogen-bond acceptors (Lipinski definition) is 3. The molecule has 2 nitrogen and oxygen atoms in total. The number of aromatic carboxylic acids is 1. The van der Waals surface area contributed by atoms with E-state index in [9.17, 15) is 4.79 Å². The van der Waals surface area contributed by atoms with Crippen molar-refractivity contribution < 1.29 is 9.90 Å². The van der Waals surface area contributed by atoms with Gasteiger partial charge in [0.15, 0.2) is 0 Å². The SMILES string of the molecule is CCCSCc1ccsc1C(=O)O. The molecule has 0 aliphatic rings. The topological polar surface area (TPSA) is 37.3 Å². The number of thioether (sulfide) groups is 1. The third-order valence-electron chi connectivity index (χ3n) is 1.55. The number of thiophene rings is 1. The van der Waals surface area contributed by atoms with E-state index in [0.29, 0.717) is 4.88 Å². The summed E-state index contributed by atoms with van der Waals surface area (Å²) in [5.74, 6) is 1.11. The standard InChI is InChI=1S/C9H12O2S2/c1-2-4-12-6-7-3-5-13-8(7)9(10)11/h3,5H,2,4,6H2,1H3,(H,10,11). The van der Waals surface area contributed by atoms with Crippen LogP contribution in [0.15, 0.2) is 11.4 Å². The van der Waals surface area contributed by atoms with Crippen LogP contribution < -0.4 is 0 Å². The van der Waals surface area contributed by atoms with Crippen molar-refractivity contribution in [1.29, 1.82) is 0 Å². The number of carbonyl (C=O) groups is 1. The number of rotatable bonds is 5. The third-order valence-corrected chi connectivity index (χ3v) is 3.70. The first-order valence-electron chi connectivity index (χ1n) is 4.13. The van der Waals surface area contributed by atoms with E-state index in [1.807, 2.05) is 11.4 Å². The van der Waals surface area contributed by atoms with Crippen molar-refractivity contribution in [2.45, 2.75) is 19.1 Å². The Hall–Kier alpha value is -0.480. The van der Waals surface area contributed by atoms with Crippen molar-refractivity contribution in [2.75, 3.05) is 5.75 Å². The highest BCUT2D eigenvalue weighted by atomic mass is 32.2. The van der Waals surface area contributed by atoms with E-state index in [4.69, 9.17) is 5.11 Å². The molecule has 0 saturated carbocycles. The second-order valence-electron chi connectivity index (χ2n) is 2.63. The predicted octanol–water partition coefficient (Wildman–Crippen LogP) is 3.09. The van der Waals surface area contributed by atoms with Crippen LogP contribution in [0.2, 0.25) is 0 Å². The molecule has 13 heavy (non-hydrogen) atoms. The van der Waals surface area contributed by atoms with Crippen molar-refractivity contribution >= 4 is 29.1 Å². The van der Waals surface area contributed by atoms with Gasteiger partial charge in [-0.2, -0.15) is 11.8 Å². The van der Waals surface area contributed by atoms with Crippen molar-refractivity contribution in [2.24, 2.45) is 0 Å². The zero-order valence-electron chi connectivity index (χ0n) is 7.45. The zero-order valence-corrected chi connectivity index (χ0v) is 9.08. The fourth-order valence-electron chi connectivity index (χ4n) is 0.963. The van der Waals surface area contributed by atoms with E-state index in [0.717, 1.165) is 23.5 Å². The molecule has 1 aromatic heterocycles. The molecule has 0 spiro atoms. The Labute approximate surface area is 86.0 Å². The first-order chi connectivity index (χ1) is 6.25. The van der Waals surface area contributed by atoms with Gasteiger partial charge in [0.25, 0.3) is 0 Å². The largest absolute Gasteiger partial charge is 0.477 e.